The second-order valence-corrected chi connectivity index (χ2v) is 5.11. The van der Waals surface area contributed by atoms with Crippen molar-refractivity contribution in [3.05, 3.63) is 24.3 Å². The maximum Gasteiger partial charge on any atom is 0.241 e. The van der Waals surface area contributed by atoms with Crippen molar-refractivity contribution in [2.45, 2.75) is 39.7 Å². The van der Waals surface area contributed by atoms with E-state index in [0.29, 0.717) is 17.8 Å². The molecule has 5 nitrogen and oxygen atoms in total. The molecule has 0 aliphatic heterocycles. The van der Waals surface area contributed by atoms with E-state index in [1.165, 1.54) is 0 Å². The van der Waals surface area contributed by atoms with Crippen molar-refractivity contribution >= 4 is 35.6 Å². The van der Waals surface area contributed by atoms with Crippen LogP contribution in [0.4, 0.5) is 11.4 Å². The smallest absolute Gasteiger partial charge is 0.241 e. The zero-order valence-corrected chi connectivity index (χ0v) is 13.5. The fourth-order valence-electron chi connectivity index (χ4n) is 1.64. The Morgan fingerprint density at radius 2 is 1.67 bits per heavy atom. The number of nitrogens with two attached hydrogens (primary N) is 1. The molecule has 0 aliphatic rings. The van der Waals surface area contributed by atoms with Crippen LogP contribution in [0.1, 0.15) is 33.6 Å². The maximum absolute atomic E-state index is 11.8. The molecule has 0 aliphatic carbocycles. The van der Waals surface area contributed by atoms with Gasteiger partial charge in [-0.25, -0.2) is 0 Å². The minimum Gasteiger partial charge on any atom is -0.326 e. The van der Waals surface area contributed by atoms with E-state index in [9.17, 15) is 9.59 Å². The van der Waals surface area contributed by atoms with Crippen molar-refractivity contribution in [2.24, 2.45) is 11.7 Å². The predicted octanol–water partition coefficient (Wildman–Crippen LogP) is 2.77. The lowest BCUT2D eigenvalue weighted by atomic mass is 10.1. The van der Waals surface area contributed by atoms with Crippen molar-refractivity contribution in [3.63, 3.8) is 0 Å². The van der Waals surface area contributed by atoms with Gasteiger partial charge in [0.05, 0.1) is 6.04 Å². The highest BCUT2D eigenvalue weighted by atomic mass is 35.5. The van der Waals surface area contributed by atoms with Gasteiger partial charge >= 0.3 is 0 Å². The standard InChI is InChI=1S/C15H23N3O2.ClH/c1-4-6-13(16)15(20)18-12-8-5-7-11(9-12)17-14(19)10(2)3;/h5,7-10,13H,4,6,16H2,1-3H3,(H,17,19)(H,18,20);1H. The average Bonchev–Trinajstić information content (AvgIpc) is 2.39. The van der Waals surface area contributed by atoms with E-state index in [1.54, 1.807) is 24.3 Å². The molecule has 21 heavy (non-hydrogen) atoms. The van der Waals surface area contributed by atoms with Gasteiger partial charge in [0, 0.05) is 17.3 Å². The minimum atomic E-state index is -0.506. The molecule has 6 heteroatoms. The first-order valence-electron chi connectivity index (χ1n) is 6.91. The molecule has 0 fully saturated rings. The van der Waals surface area contributed by atoms with Gasteiger partial charge in [0.25, 0.3) is 0 Å². The number of anilines is 2. The largest absolute Gasteiger partial charge is 0.326 e. The number of hydrogen-bond donors (Lipinski definition) is 3. The van der Waals surface area contributed by atoms with Gasteiger partial charge < -0.3 is 16.4 Å². The summed E-state index contributed by atoms with van der Waals surface area (Å²) in [5.41, 5.74) is 7.04. The number of nitrogens with one attached hydrogen (secondary N) is 2. The van der Waals surface area contributed by atoms with Gasteiger partial charge in [0.15, 0.2) is 0 Å². The maximum atomic E-state index is 11.8. The third-order valence-corrected chi connectivity index (χ3v) is 2.86. The molecular formula is C15H24ClN3O2. The molecule has 1 atom stereocenters. The van der Waals surface area contributed by atoms with E-state index in [4.69, 9.17) is 5.73 Å². The molecule has 0 spiro atoms. The molecule has 0 radical (unpaired) electrons. The van der Waals surface area contributed by atoms with Crippen LogP contribution in [0.5, 0.6) is 0 Å². The Morgan fingerprint density at radius 3 is 2.14 bits per heavy atom. The molecular weight excluding hydrogens is 290 g/mol. The molecule has 4 N–H and O–H groups in total. The van der Waals surface area contributed by atoms with E-state index < -0.39 is 6.04 Å². The lowest BCUT2D eigenvalue weighted by Crippen LogP contribution is -2.35. The summed E-state index contributed by atoms with van der Waals surface area (Å²) in [7, 11) is 0. The van der Waals surface area contributed by atoms with Crippen LogP contribution in [0.15, 0.2) is 24.3 Å². The van der Waals surface area contributed by atoms with Gasteiger partial charge in [0.2, 0.25) is 11.8 Å². The van der Waals surface area contributed by atoms with E-state index in [0.717, 1.165) is 6.42 Å². The van der Waals surface area contributed by atoms with E-state index in [1.807, 2.05) is 20.8 Å². The normalized spacial score (nSPS) is 11.5. The molecule has 0 aromatic heterocycles. The van der Waals surface area contributed by atoms with E-state index >= 15 is 0 Å². The van der Waals surface area contributed by atoms with Gasteiger partial charge in [-0.2, -0.15) is 0 Å². The Morgan fingerprint density at radius 1 is 1.14 bits per heavy atom. The predicted molar refractivity (Wildman–Crippen MR) is 88.7 cm³/mol. The first-order chi connectivity index (χ1) is 9.43. The van der Waals surface area contributed by atoms with E-state index in [2.05, 4.69) is 10.6 Å². The molecule has 0 heterocycles. The highest BCUT2D eigenvalue weighted by molar-refractivity contribution is 5.96. The van der Waals surface area contributed by atoms with Crippen molar-refractivity contribution in [1.29, 1.82) is 0 Å². The van der Waals surface area contributed by atoms with Crippen LogP contribution in [-0.4, -0.2) is 17.9 Å². The zero-order chi connectivity index (χ0) is 15.1. The minimum absolute atomic E-state index is 0. The van der Waals surface area contributed by atoms with Crippen LogP contribution in [0.2, 0.25) is 0 Å². The molecule has 1 aromatic carbocycles. The molecule has 1 rings (SSSR count). The molecule has 2 amide bonds. The Bertz CT molecular complexity index is 478. The fraction of sp³-hybridized carbons (Fsp3) is 0.467. The number of benzene rings is 1. The molecule has 0 saturated carbocycles. The van der Waals surface area contributed by atoms with Gasteiger partial charge in [-0.3, -0.25) is 9.59 Å². The molecule has 0 saturated heterocycles. The Hall–Kier alpha value is -1.59. The van der Waals surface area contributed by atoms with Crippen molar-refractivity contribution in [1.82, 2.24) is 0 Å². The van der Waals surface area contributed by atoms with Crippen molar-refractivity contribution in [3.8, 4) is 0 Å². The summed E-state index contributed by atoms with van der Waals surface area (Å²) in [4.78, 5) is 23.4. The summed E-state index contributed by atoms with van der Waals surface area (Å²) in [6.07, 6.45) is 1.51. The van der Waals surface area contributed by atoms with Gasteiger partial charge in [0.1, 0.15) is 0 Å². The monoisotopic (exact) mass is 313 g/mol. The summed E-state index contributed by atoms with van der Waals surface area (Å²) < 4.78 is 0. The third kappa shape index (κ3) is 6.60. The summed E-state index contributed by atoms with van der Waals surface area (Å²) in [5.74, 6) is -0.360. The summed E-state index contributed by atoms with van der Waals surface area (Å²) in [6.45, 7) is 5.63. The third-order valence-electron chi connectivity index (χ3n) is 2.86. The van der Waals surface area contributed by atoms with Crippen LogP contribution < -0.4 is 16.4 Å². The van der Waals surface area contributed by atoms with Gasteiger partial charge in [-0.1, -0.05) is 33.3 Å². The van der Waals surface area contributed by atoms with E-state index in [-0.39, 0.29) is 30.1 Å². The Labute approximate surface area is 132 Å². The molecule has 1 aromatic rings. The highest BCUT2D eigenvalue weighted by Crippen LogP contribution is 2.16. The van der Waals surface area contributed by atoms with Crippen LogP contribution in [0, 0.1) is 5.92 Å². The Balaban J connectivity index is 0.00000400. The van der Waals surface area contributed by atoms with Crippen LogP contribution in [0.3, 0.4) is 0 Å². The molecule has 118 valence electrons. The topological polar surface area (TPSA) is 84.2 Å². The summed E-state index contributed by atoms with van der Waals surface area (Å²) in [5, 5.41) is 5.54. The van der Waals surface area contributed by atoms with Crippen LogP contribution in [-0.2, 0) is 9.59 Å². The number of halogens is 1. The second-order valence-electron chi connectivity index (χ2n) is 5.11. The Kier molecular flexibility index (Phi) is 8.66. The van der Waals surface area contributed by atoms with Gasteiger partial charge in [-0.05, 0) is 24.6 Å². The zero-order valence-electron chi connectivity index (χ0n) is 12.7. The SMILES string of the molecule is CCCC(N)C(=O)Nc1cccc(NC(=O)C(C)C)c1.Cl. The number of amides is 2. The second kappa shape index (κ2) is 9.37. The van der Waals surface area contributed by atoms with Crippen molar-refractivity contribution in [2.75, 3.05) is 10.6 Å². The molecule has 0 bridgehead atoms. The number of hydrogen-bond acceptors (Lipinski definition) is 3. The summed E-state index contributed by atoms with van der Waals surface area (Å²) in [6, 6.07) is 6.53. The summed E-state index contributed by atoms with van der Waals surface area (Å²) >= 11 is 0. The number of carbonyl (C=O) groups excluding carboxylic acids is 2. The lowest BCUT2D eigenvalue weighted by molar-refractivity contribution is -0.119. The van der Waals surface area contributed by atoms with Gasteiger partial charge in [-0.15, -0.1) is 12.4 Å². The first-order valence-corrected chi connectivity index (χ1v) is 6.91. The van der Waals surface area contributed by atoms with Crippen molar-refractivity contribution < 1.29 is 9.59 Å². The lowest BCUT2D eigenvalue weighted by Gasteiger charge is -2.13. The number of carbonyl (C=O) groups is 2. The quantitative estimate of drug-likeness (QED) is 0.755. The molecule has 1 unspecified atom stereocenters. The fourth-order valence-corrected chi connectivity index (χ4v) is 1.64. The number of rotatable bonds is 6. The van der Waals surface area contributed by atoms with Crippen LogP contribution in [0.25, 0.3) is 0 Å². The highest BCUT2D eigenvalue weighted by Gasteiger charge is 2.13. The van der Waals surface area contributed by atoms with Crippen LogP contribution >= 0.6 is 12.4 Å². The first kappa shape index (κ1) is 19.4. The average molecular weight is 314 g/mol.